The number of hydrogen-bond donors (Lipinski definition) is 0. The van der Waals surface area contributed by atoms with Crippen molar-refractivity contribution in [3.05, 3.63) is 53.3 Å². The fourth-order valence-electron chi connectivity index (χ4n) is 3.53. The summed E-state index contributed by atoms with van der Waals surface area (Å²) in [6.07, 6.45) is 1.48. The SMILES string of the molecule is COc1cccc(CN(C)C(=O)c2ccc(F)c(S(=O)(=O)N3CCCC3)c2)c1OC. The number of carbonyl (C=O) groups is 1. The minimum absolute atomic E-state index is 0.0959. The zero-order chi connectivity index (χ0) is 21.9. The van der Waals surface area contributed by atoms with Crippen molar-refractivity contribution in [2.24, 2.45) is 0 Å². The average molecular weight is 437 g/mol. The third kappa shape index (κ3) is 4.27. The number of amides is 1. The first kappa shape index (κ1) is 22.0. The molecule has 1 amide bonds. The van der Waals surface area contributed by atoms with Crippen molar-refractivity contribution in [1.29, 1.82) is 0 Å². The molecule has 0 spiro atoms. The van der Waals surface area contributed by atoms with Gasteiger partial charge >= 0.3 is 0 Å². The van der Waals surface area contributed by atoms with E-state index in [1.165, 1.54) is 29.5 Å². The van der Waals surface area contributed by atoms with Crippen LogP contribution in [-0.2, 0) is 16.6 Å². The minimum Gasteiger partial charge on any atom is -0.493 e. The lowest BCUT2D eigenvalue weighted by molar-refractivity contribution is 0.0783. The highest BCUT2D eigenvalue weighted by Gasteiger charge is 2.30. The van der Waals surface area contributed by atoms with Crippen molar-refractivity contribution in [1.82, 2.24) is 9.21 Å². The highest BCUT2D eigenvalue weighted by molar-refractivity contribution is 7.89. The summed E-state index contributed by atoms with van der Waals surface area (Å²) < 4.78 is 51.8. The number of rotatable bonds is 7. The third-order valence-corrected chi connectivity index (χ3v) is 7.01. The van der Waals surface area contributed by atoms with E-state index in [-0.39, 0.29) is 12.1 Å². The van der Waals surface area contributed by atoms with E-state index in [2.05, 4.69) is 0 Å². The maximum absolute atomic E-state index is 14.4. The number of para-hydroxylation sites is 1. The largest absolute Gasteiger partial charge is 0.493 e. The minimum atomic E-state index is -3.98. The Kier molecular flexibility index (Phi) is 6.62. The summed E-state index contributed by atoms with van der Waals surface area (Å²) in [6.45, 7) is 0.912. The summed E-state index contributed by atoms with van der Waals surface area (Å²) in [6, 6.07) is 8.77. The Hall–Kier alpha value is -2.65. The van der Waals surface area contributed by atoms with E-state index in [0.717, 1.165) is 30.5 Å². The zero-order valence-corrected chi connectivity index (χ0v) is 18.0. The number of hydrogen-bond acceptors (Lipinski definition) is 5. The van der Waals surface area contributed by atoms with Crippen LogP contribution in [0.15, 0.2) is 41.3 Å². The molecule has 0 atom stereocenters. The Morgan fingerprint density at radius 1 is 1.13 bits per heavy atom. The molecule has 0 radical (unpaired) electrons. The smallest absolute Gasteiger partial charge is 0.253 e. The Morgan fingerprint density at radius 3 is 2.47 bits per heavy atom. The summed E-state index contributed by atoms with van der Waals surface area (Å²) in [4.78, 5) is 13.9. The van der Waals surface area contributed by atoms with Gasteiger partial charge in [0.25, 0.3) is 5.91 Å². The molecule has 162 valence electrons. The number of sulfonamides is 1. The summed E-state index contributed by atoms with van der Waals surface area (Å²) in [7, 11) is 0.642. The molecule has 7 nitrogen and oxygen atoms in total. The normalized spacial score (nSPS) is 14.5. The van der Waals surface area contributed by atoms with Crippen molar-refractivity contribution < 1.29 is 27.1 Å². The Morgan fingerprint density at radius 2 is 1.83 bits per heavy atom. The molecule has 0 unspecified atom stereocenters. The van der Waals surface area contributed by atoms with E-state index in [1.807, 2.05) is 0 Å². The van der Waals surface area contributed by atoms with Gasteiger partial charge in [-0.1, -0.05) is 12.1 Å². The molecule has 2 aromatic rings. The molecule has 0 saturated carbocycles. The number of carbonyl (C=O) groups excluding carboxylic acids is 1. The van der Waals surface area contributed by atoms with Gasteiger partial charge in [-0.05, 0) is 37.1 Å². The molecule has 9 heteroatoms. The second-order valence-electron chi connectivity index (χ2n) is 7.07. The lowest BCUT2D eigenvalue weighted by Gasteiger charge is -2.21. The number of nitrogens with zero attached hydrogens (tertiary/aromatic N) is 2. The van der Waals surface area contributed by atoms with Crippen LogP contribution in [0.5, 0.6) is 11.5 Å². The number of halogens is 1. The van der Waals surface area contributed by atoms with Crippen LogP contribution in [0.25, 0.3) is 0 Å². The van der Waals surface area contributed by atoms with Crippen molar-refractivity contribution in [2.45, 2.75) is 24.3 Å². The van der Waals surface area contributed by atoms with Gasteiger partial charge in [0.15, 0.2) is 11.5 Å². The first-order valence-electron chi connectivity index (χ1n) is 9.54. The van der Waals surface area contributed by atoms with E-state index >= 15 is 0 Å². The van der Waals surface area contributed by atoms with E-state index in [9.17, 15) is 17.6 Å². The van der Waals surface area contributed by atoms with Gasteiger partial charge in [0, 0.05) is 37.8 Å². The van der Waals surface area contributed by atoms with Gasteiger partial charge in [0.2, 0.25) is 10.0 Å². The Labute approximate surface area is 176 Å². The van der Waals surface area contributed by atoms with Gasteiger partial charge in [0.05, 0.1) is 14.2 Å². The van der Waals surface area contributed by atoms with E-state index in [0.29, 0.717) is 24.6 Å². The van der Waals surface area contributed by atoms with Gasteiger partial charge in [-0.25, -0.2) is 12.8 Å². The molecule has 3 rings (SSSR count). The summed E-state index contributed by atoms with van der Waals surface area (Å²) in [5.41, 5.74) is 0.818. The molecule has 0 aromatic heterocycles. The van der Waals surface area contributed by atoms with Crippen LogP contribution in [0.3, 0.4) is 0 Å². The Balaban J connectivity index is 1.87. The topological polar surface area (TPSA) is 76.2 Å². The molecule has 2 aromatic carbocycles. The molecule has 0 bridgehead atoms. The van der Waals surface area contributed by atoms with Gasteiger partial charge in [-0.15, -0.1) is 0 Å². The lowest BCUT2D eigenvalue weighted by atomic mass is 10.1. The predicted octanol–water partition coefficient (Wildman–Crippen LogP) is 2.90. The average Bonchev–Trinajstić information content (AvgIpc) is 3.29. The number of benzene rings is 2. The quantitative estimate of drug-likeness (QED) is 0.667. The maximum Gasteiger partial charge on any atom is 0.253 e. The summed E-state index contributed by atoms with van der Waals surface area (Å²) >= 11 is 0. The standard InChI is InChI=1S/C21H25FN2O5S/c1-23(14-16-7-6-8-18(28-2)20(16)29-3)21(25)15-9-10-17(22)19(13-15)30(26,27)24-11-4-5-12-24/h6-10,13H,4-5,11-12,14H2,1-3H3. The van der Waals surface area contributed by atoms with E-state index in [1.54, 1.807) is 25.2 Å². The van der Waals surface area contributed by atoms with Crippen molar-refractivity contribution in [3.63, 3.8) is 0 Å². The van der Waals surface area contributed by atoms with Crippen molar-refractivity contribution in [2.75, 3.05) is 34.4 Å². The lowest BCUT2D eigenvalue weighted by Crippen LogP contribution is -2.30. The molecule has 1 fully saturated rings. The molecule has 0 N–H and O–H groups in total. The zero-order valence-electron chi connectivity index (χ0n) is 17.2. The van der Waals surface area contributed by atoms with E-state index < -0.39 is 26.6 Å². The molecule has 1 aliphatic heterocycles. The van der Waals surface area contributed by atoms with Crippen molar-refractivity contribution in [3.8, 4) is 11.5 Å². The molecule has 1 saturated heterocycles. The van der Waals surface area contributed by atoms with Crippen LogP contribution in [-0.4, -0.2) is 57.9 Å². The van der Waals surface area contributed by atoms with Crippen molar-refractivity contribution >= 4 is 15.9 Å². The Bertz CT molecular complexity index is 1040. The molecular weight excluding hydrogens is 411 g/mol. The second kappa shape index (κ2) is 9.01. The first-order valence-corrected chi connectivity index (χ1v) is 11.0. The highest BCUT2D eigenvalue weighted by atomic mass is 32.2. The number of methoxy groups -OCH3 is 2. The van der Waals surface area contributed by atoms with Crippen LogP contribution < -0.4 is 9.47 Å². The number of ether oxygens (including phenoxy) is 2. The fraction of sp³-hybridized carbons (Fsp3) is 0.381. The van der Waals surface area contributed by atoms with Gasteiger partial charge in [0.1, 0.15) is 10.7 Å². The van der Waals surface area contributed by atoms with E-state index in [4.69, 9.17) is 9.47 Å². The third-order valence-electron chi connectivity index (χ3n) is 5.10. The van der Waals surface area contributed by atoms with Crippen LogP contribution in [0.4, 0.5) is 4.39 Å². The van der Waals surface area contributed by atoms with Gasteiger partial charge in [-0.3, -0.25) is 4.79 Å². The maximum atomic E-state index is 14.4. The van der Waals surface area contributed by atoms with Crippen LogP contribution in [0.1, 0.15) is 28.8 Å². The van der Waals surface area contributed by atoms with Crippen LogP contribution in [0.2, 0.25) is 0 Å². The monoisotopic (exact) mass is 436 g/mol. The second-order valence-corrected chi connectivity index (χ2v) is 8.98. The molecule has 1 heterocycles. The fourth-order valence-corrected chi connectivity index (χ4v) is 5.14. The van der Waals surface area contributed by atoms with Crippen LogP contribution in [0, 0.1) is 5.82 Å². The van der Waals surface area contributed by atoms with Crippen LogP contribution >= 0.6 is 0 Å². The highest BCUT2D eigenvalue weighted by Crippen LogP contribution is 2.31. The molecular formula is C21H25FN2O5S. The molecule has 1 aliphatic rings. The summed E-state index contributed by atoms with van der Waals surface area (Å²) in [5.74, 6) is -0.249. The molecule has 0 aliphatic carbocycles. The predicted molar refractivity (Wildman–Crippen MR) is 110 cm³/mol. The first-order chi connectivity index (χ1) is 14.3. The van der Waals surface area contributed by atoms with Gasteiger partial charge in [-0.2, -0.15) is 4.31 Å². The van der Waals surface area contributed by atoms with Gasteiger partial charge < -0.3 is 14.4 Å². The summed E-state index contributed by atoms with van der Waals surface area (Å²) in [5, 5.41) is 0. The molecule has 30 heavy (non-hydrogen) atoms.